The summed E-state index contributed by atoms with van der Waals surface area (Å²) in [6.45, 7) is 2.77. The molecule has 2 amide bonds. The van der Waals surface area contributed by atoms with Crippen LogP contribution in [-0.4, -0.2) is 58.9 Å². The van der Waals surface area contributed by atoms with Gasteiger partial charge in [-0.2, -0.15) is 0 Å². The lowest BCUT2D eigenvalue weighted by Crippen LogP contribution is -2.51. The van der Waals surface area contributed by atoms with Crippen molar-refractivity contribution in [3.05, 3.63) is 89.0 Å². The summed E-state index contributed by atoms with van der Waals surface area (Å²) in [6, 6.07) is 7.05. The van der Waals surface area contributed by atoms with E-state index < -0.39 is 5.54 Å². The van der Waals surface area contributed by atoms with Gasteiger partial charge in [-0.3, -0.25) is 9.59 Å². The largest absolute Gasteiger partial charge is 0.364 e. The molecule has 4 N–H and O–H groups in total. The molecule has 2 heterocycles. The lowest BCUT2D eigenvalue weighted by molar-refractivity contribution is -0.111. The zero-order valence-corrected chi connectivity index (χ0v) is 25.0. The van der Waals surface area contributed by atoms with Gasteiger partial charge in [-0.1, -0.05) is 29.8 Å². The summed E-state index contributed by atoms with van der Waals surface area (Å²) in [4.78, 5) is 36.5. The molecule has 1 aliphatic heterocycles. The molecule has 3 atom stereocenters. The maximum absolute atomic E-state index is 13.2. The van der Waals surface area contributed by atoms with Gasteiger partial charge in [-0.15, -0.1) is 0 Å². The van der Waals surface area contributed by atoms with Crippen molar-refractivity contribution in [2.75, 3.05) is 31.3 Å². The topological polar surface area (TPSA) is 111 Å². The fraction of sp³-hybridized carbons (Fsp3) is 0.375. The molecule has 1 saturated carbocycles. The summed E-state index contributed by atoms with van der Waals surface area (Å²) >= 11 is 6.54. The molecule has 9 nitrogen and oxygen atoms in total. The number of likely N-dealkylation sites (N-methyl/N-ethyl adjacent to an activating group) is 1. The van der Waals surface area contributed by atoms with E-state index in [-0.39, 0.29) is 23.8 Å². The van der Waals surface area contributed by atoms with E-state index in [4.69, 9.17) is 16.6 Å². The van der Waals surface area contributed by atoms with Crippen LogP contribution in [0.2, 0.25) is 5.02 Å². The van der Waals surface area contributed by atoms with E-state index in [1.54, 1.807) is 36.5 Å². The Kier molecular flexibility index (Phi) is 9.09. The molecule has 5 rings (SSSR count). The third kappa shape index (κ3) is 7.27. The highest BCUT2D eigenvalue weighted by Gasteiger charge is 2.34. The monoisotopic (exact) mass is 587 g/mol. The number of carbonyl (C=O) groups is 2. The molecule has 1 aromatic carbocycles. The number of nitrogens with one attached hydrogen (secondary N) is 4. The number of hydrogen-bond acceptors (Lipinski definition) is 7. The Labute approximate surface area is 252 Å². The highest BCUT2D eigenvalue weighted by molar-refractivity contribution is 6.32. The molecule has 1 fully saturated rings. The Hall–Kier alpha value is -3.95. The SMILES string of the molecule is CN(C)C/C=C/C(=O)Nc1ccc(C(=O)N[C@]2(C)CCC[C@H](Nc3ncc(Cl)c(C4=CNC5=CC=CCC54)n3)C2)cc1. The van der Waals surface area contributed by atoms with Crippen LogP contribution in [0.1, 0.15) is 55.1 Å². The molecular formula is C32H38ClN7O2. The average molecular weight is 588 g/mol. The average Bonchev–Trinajstić information content (AvgIpc) is 3.38. The number of amides is 2. The second kappa shape index (κ2) is 12.9. The lowest BCUT2D eigenvalue weighted by atomic mass is 9.80. The number of fused-ring (bicyclic) bond motifs is 1. The minimum absolute atomic E-state index is 0.0972. The minimum atomic E-state index is -0.390. The van der Waals surface area contributed by atoms with Gasteiger partial charge < -0.3 is 26.2 Å². The predicted molar refractivity (Wildman–Crippen MR) is 168 cm³/mol. The first-order chi connectivity index (χ1) is 20.2. The molecule has 10 heteroatoms. The van der Waals surface area contributed by atoms with E-state index in [2.05, 4.69) is 51.4 Å². The van der Waals surface area contributed by atoms with Crippen LogP contribution in [0.15, 0.2) is 72.7 Å². The number of benzene rings is 1. The highest BCUT2D eigenvalue weighted by atomic mass is 35.5. The molecule has 3 aliphatic rings. The van der Waals surface area contributed by atoms with Gasteiger partial charge in [0.1, 0.15) is 0 Å². The Balaban J connectivity index is 1.18. The lowest BCUT2D eigenvalue weighted by Gasteiger charge is -2.39. The van der Waals surface area contributed by atoms with Crippen LogP contribution in [0, 0.1) is 5.92 Å². The normalized spacial score (nSPS) is 23.2. The van der Waals surface area contributed by atoms with Crippen molar-refractivity contribution in [2.45, 2.75) is 50.6 Å². The zero-order chi connectivity index (χ0) is 29.7. The third-order valence-electron chi connectivity index (χ3n) is 7.83. The van der Waals surface area contributed by atoms with E-state index in [9.17, 15) is 9.59 Å². The van der Waals surface area contributed by atoms with Gasteiger partial charge in [0, 0.05) is 58.8 Å². The molecule has 0 saturated heterocycles. The first kappa shape index (κ1) is 29.5. The van der Waals surface area contributed by atoms with Gasteiger partial charge in [0.2, 0.25) is 11.9 Å². The van der Waals surface area contributed by atoms with E-state index >= 15 is 0 Å². The standard InChI is InChI=1S/C32H38ClN7O2/c1-32(39-30(42)21-12-14-22(15-13-21)36-28(41)11-7-17-40(2)3)16-6-8-23(18-32)37-31-35-20-26(33)29(38-31)25-19-34-27-10-5-4-9-24(25)27/h4-5,7,10-15,19-20,23-24,34H,6,8-9,16-18H2,1-3H3,(H,36,41)(H,39,42)(H,35,37,38)/b11-7+/t23-,24?,32+/m0/s1. The minimum Gasteiger partial charge on any atom is -0.364 e. The predicted octanol–water partition coefficient (Wildman–Crippen LogP) is 5.13. The summed E-state index contributed by atoms with van der Waals surface area (Å²) < 4.78 is 0. The summed E-state index contributed by atoms with van der Waals surface area (Å²) in [5.41, 5.74) is 3.75. The maximum atomic E-state index is 13.2. The number of carbonyl (C=O) groups excluding carboxylic acids is 2. The Morgan fingerprint density at radius 2 is 2.05 bits per heavy atom. The summed E-state index contributed by atoms with van der Waals surface area (Å²) in [5, 5.41) is 13.4. The Morgan fingerprint density at radius 3 is 2.83 bits per heavy atom. The van der Waals surface area contributed by atoms with Crippen LogP contribution in [0.25, 0.3) is 5.57 Å². The first-order valence-corrected chi connectivity index (χ1v) is 14.7. The summed E-state index contributed by atoms with van der Waals surface area (Å²) in [7, 11) is 3.88. The van der Waals surface area contributed by atoms with Crippen LogP contribution >= 0.6 is 11.6 Å². The molecule has 1 unspecified atom stereocenters. The summed E-state index contributed by atoms with van der Waals surface area (Å²) in [6.07, 6.45) is 17.7. The van der Waals surface area contributed by atoms with Crippen molar-refractivity contribution in [1.29, 1.82) is 0 Å². The van der Waals surface area contributed by atoms with Crippen LogP contribution in [0.4, 0.5) is 11.6 Å². The van der Waals surface area contributed by atoms with Crippen molar-refractivity contribution in [1.82, 2.24) is 25.5 Å². The highest BCUT2D eigenvalue weighted by Crippen LogP contribution is 2.39. The molecular weight excluding hydrogens is 550 g/mol. The van der Waals surface area contributed by atoms with E-state index in [1.807, 2.05) is 25.2 Å². The second-order valence-corrected chi connectivity index (χ2v) is 12.1. The van der Waals surface area contributed by atoms with Gasteiger partial charge in [-0.25, -0.2) is 9.97 Å². The van der Waals surface area contributed by atoms with Gasteiger partial charge in [-0.05, 0) is 83.5 Å². The van der Waals surface area contributed by atoms with Crippen LogP contribution in [0.3, 0.4) is 0 Å². The molecule has 0 radical (unpaired) electrons. The number of hydrogen-bond donors (Lipinski definition) is 4. The first-order valence-electron chi connectivity index (χ1n) is 14.4. The van der Waals surface area contributed by atoms with Crippen LogP contribution in [0.5, 0.6) is 0 Å². The summed E-state index contributed by atoms with van der Waals surface area (Å²) in [5.74, 6) is 0.411. The van der Waals surface area contributed by atoms with Crippen molar-refractivity contribution >= 4 is 40.6 Å². The van der Waals surface area contributed by atoms with E-state index in [1.165, 1.54) is 6.08 Å². The number of rotatable bonds is 9. The quantitative estimate of drug-likeness (QED) is 0.301. The van der Waals surface area contributed by atoms with Gasteiger partial charge in [0.15, 0.2) is 0 Å². The molecule has 42 heavy (non-hydrogen) atoms. The fourth-order valence-corrected chi connectivity index (χ4v) is 5.92. The van der Waals surface area contributed by atoms with E-state index in [0.29, 0.717) is 28.8 Å². The molecule has 2 aromatic rings. The molecule has 0 spiro atoms. The Bertz CT molecular complexity index is 1450. The molecule has 1 aromatic heterocycles. The third-order valence-corrected chi connectivity index (χ3v) is 8.10. The van der Waals surface area contributed by atoms with E-state index in [0.717, 1.165) is 49.1 Å². The second-order valence-electron chi connectivity index (χ2n) is 11.7. The number of anilines is 2. The van der Waals surface area contributed by atoms with Gasteiger partial charge in [0.25, 0.3) is 5.91 Å². The van der Waals surface area contributed by atoms with Gasteiger partial charge in [0.05, 0.1) is 16.9 Å². The Morgan fingerprint density at radius 1 is 1.24 bits per heavy atom. The van der Waals surface area contributed by atoms with Crippen LogP contribution < -0.4 is 21.3 Å². The van der Waals surface area contributed by atoms with Crippen molar-refractivity contribution in [3.8, 4) is 0 Å². The van der Waals surface area contributed by atoms with Crippen molar-refractivity contribution in [2.24, 2.45) is 5.92 Å². The number of aromatic nitrogens is 2. The number of allylic oxidation sites excluding steroid dienone is 4. The van der Waals surface area contributed by atoms with Gasteiger partial charge >= 0.3 is 0 Å². The molecule has 0 bridgehead atoms. The number of nitrogens with zero attached hydrogens (tertiary/aromatic N) is 3. The maximum Gasteiger partial charge on any atom is 0.251 e. The fourth-order valence-electron chi connectivity index (χ4n) is 5.72. The smallest absolute Gasteiger partial charge is 0.251 e. The van der Waals surface area contributed by atoms with Crippen LogP contribution in [-0.2, 0) is 4.79 Å². The number of halogens is 1. The van der Waals surface area contributed by atoms with Crippen molar-refractivity contribution in [3.63, 3.8) is 0 Å². The zero-order valence-electron chi connectivity index (χ0n) is 24.3. The van der Waals surface area contributed by atoms with Crippen molar-refractivity contribution < 1.29 is 9.59 Å². The molecule has 220 valence electrons. The molecule has 2 aliphatic carbocycles.